The Balaban J connectivity index is 1.15. The fraction of sp³-hybridized carbons (Fsp3) is 0.436. The number of anilines is 2. The minimum atomic E-state index is -0.999. The number of ether oxygens (including phenoxy) is 1. The van der Waals surface area contributed by atoms with Crippen LogP contribution >= 0.6 is 22.9 Å². The van der Waals surface area contributed by atoms with Crippen LogP contribution in [0.5, 0.6) is 6.01 Å². The van der Waals surface area contributed by atoms with Crippen molar-refractivity contribution in [3.8, 4) is 23.2 Å². The molecular weight excluding hydrogens is 784 g/mol. The van der Waals surface area contributed by atoms with Crippen molar-refractivity contribution in [1.29, 1.82) is 5.26 Å². The number of rotatable bonds is 10. The number of nitriles is 1. The molecule has 0 bridgehead atoms. The van der Waals surface area contributed by atoms with Crippen LogP contribution in [-0.4, -0.2) is 97.6 Å². The monoisotopic (exact) mass is 820 g/mol. The van der Waals surface area contributed by atoms with Gasteiger partial charge in [-0.25, -0.2) is 18.0 Å². The fourth-order valence-electron chi connectivity index (χ4n) is 9.40. The Hall–Kier alpha value is -5.05. The molecule has 5 aromatic rings. The molecule has 3 aromatic heterocycles. The van der Waals surface area contributed by atoms with Gasteiger partial charge in [0.2, 0.25) is 0 Å². The number of halogens is 5. The zero-order valence-corrected chi connectivity index (χ0v) is 32.4. The summed E-state index contributed by atoms with van der Waals surface area (Å²) < 4.78 is 68.1. The van der Waals surface area contributed by atoms with Crippen LogP contribution in [0.1, 0.15) is 44.6 Å². The van der Waals surface area contributed by atoms with Gasteiger partial charge in [0.15, 0.2) is 5.82 Å². The third kappa shape index (κ3) is 6.14. The number of carbonyl (C=O) groups excluding carboxylic acids is 1. The molecule has 2 N–H and O–H groups in total. The van der Waals surface area contributed by atoms with E-state index in [0.29, 0.717) is 31.9 Å². The highest BCUT2D eigenvalue weighted by atomic mass is 35.5. The van der Waals surface area contributed by atoms with E-state index in [-0.39, 0.29) is 84.2 Å². The maximum absolute atomic E-state index is 17.4. The smallest absolute Gasteiger partial charge is 0.346 e. The number of nitrogens with zero attached hydrogens (tertiary/aromatic N) is 9. The number of benzene rings is 2. The first kappa shape index (κ1) is 37.5. The molecule has 296 valence electrons. The third-order valence-electron chi connectivity index (χ3n) is 12.2. The first-order valence-electron chi connectivity index (χ1n) is 18.7. The second-order valence-electron chi connectivity index (χ2n) is 15.8. The molecule has 3 saturated heterocycles. The third-order valence-corrected chi connectivity index (χ3v) is 13.6. The molecule has 1 aliphatic carbocycles. The quantitative estimate of drug-likeness (QED) is 0.112. The van der Waals surface area contributed by atoms with Crippen LogP contribution in [0, 0.1) is 40.4 Å². The maximum atomic E-state index is 17.4. The molecule has 3 aliphatic heterocycles. The Bertz CT molecular complexity index is 2520. The lowest BCUT2D eigenvalue weighted by Gasteiger charge is -2.52. The Labute approximate surface area is 333 Å². The van der Waals surface area contributed by atoms with Gasteiger partial charge >= 0.3 is 18.1 Å². The molecule has 1 amide bonds. The molecule has 12 nitrogen and oxygen atoms in total. The van der Waals surface area contributed by atoms with Crippen LogP contribution in [-0.2, 0) is 0 Å². The van der Waals surface area contributed by atoms with Gasteiger partial charge in [-0.1, -0.05) is 30.7 Å². The van der Waals surface area contributed by atoms with Crippen LogP contribution in [0.2, 0.25) is 5.02 Å². The van der Waals surface area contributed by atoms with Crippen LogP contribution < -0.4 is 15.4 Å². The van der Waals surface area contributed by atoms with Gasteiger partial charge in [-0.3, -0.25) is 4.90 Å². The van der Waals surface area contributed by atoms with E-state index in [4.69, 9.17) is 27.1 Å². The summed E-state index contributed by atoms with van der Waals surface area (Å²) in [5, 5.41) is 14.0. The predicted molar refractivity (Wildman–Crippen MR) is 207 cm³/mol. The van der Waals surface area contributed by atoms with Gasteiger partial charge in [-0.15, -0.1) is 23.0 Å². The lowest BCUT2D eigenvalue weighted by Crippen LogP contribution is -2.65. The van der Waals surface area contributed by atoms with Gasteiger partial charge in [0.1, 0.15) is 47.3 Å². The van der Waals surface area contributed by atoms with E-state index in [9.17, 15) is 18.8 Å². The van der Waals surface area contributed by atoms with Crippen LogP contribution in [0.25, 0.3) is 32.1 Å². The summed E-state index contributed by atoms with van der Waals surface area (Å²) in [6, 6.07) is 5.27. The second kappa shape index (κ2) is 13.8. The number of fused-ring (bicyclic) bond motifs is 3. The molecular formula is C39H37ClF4N10O2S. The van der Waals surface area contributed by atoms with E-state index in [1.54, 1.807) is 17.0 Å². The van der Waals surface area contributed by atoms with Crippen molar-refractivity contribution in [1.82, 2.24) is 34.5 Å². The minimum absolute atomic E-state index is 0.00798. The molecule has 4 aliphatic rings. The Morgan fingerprint density at radius 1 is 1.25 bits per heavy atom. The molecule has 9 rings (SSSR count). The number of carbonyl (C=O) groups is 1. The number of hydrogen-bond donors (Lipinski definition) is 1. The Kier molecular flexibility index (Phi) is 9.09. The van der Waals surface area contributed by atoms with E-state index in [0.717, 1.165) is 54.6 Å². The van der Waals surface area contributed by atoms with E-state index in [2.05, 4.69) is 33.5 Å². The average Bonchev–Trinajstić information content (AvgIpc) is 3.49. The van der Waals surface area contributed by atoms with Crippen LogP contribution in [0.15, 0.2) is 37.2 Å². The fourth-order valence-corrected chi connectivity index (χ4v) is 10.6. The summed E-state index contributed by atoms with van der Waals surface area (Å²) in [5.74, 6) is -1.26. The number of alkyl halides is 1. The summed E-state index contributed by atoms with van der Waals surface area (Å²) in [7, 11) is 0. The largest absolute Gasteiger partial charge is 0.461 e. The van der Waals surface area contributed by atoms with Gasteiger partial charge in [0.05, 0.1) is 20.8 Å². The maximum Gasteiger partial charge on any atom is 0.346 e. The van der Waals surface area contributed by atoms with Crippen molar-refractivity contribution < 1.29 is 27.1 Å². The van der Waals surface area contributed by atoms with E-state index < -0.39 is 35.5 Å². The molecule has 0 radical (unpaired) electrons. The lowest BCUT2D eigenvalue weighted by molar-refractivity contribution is 0.00970. The standard InChI is InChI=1S/C39H37ClF4N10O2S/c1-3-10-51(15-20-16-53(32(20)38(2)8-9-38)37(55)54-19-47-35(44)50-54)34-23-12-25(40)28(22-5-6-26(42)31-27(22)24(14-45)33(46)57-31)29(43)30(23)48-36(49-34)56-18-39-7-4-11-52(39)17-21(41)13-39/h3,5-6,12,19-21,32H,1,4,7-11,13,15-18,46H2,2H3/t20-,21-,32+,39+/m1/s1. The Morgan fingerprint density at radius 3 is 2.77 bits per heavy atom. The molecule has 57 heavy (non-hydrogen) atoms. The first-order valence-corrected chi connectivity index (χ1v) is 19.9. The molecule has 2 aromatic carbocycles. The van der Waals surface area contributed by atoms with Crippen molar-refractivity contribution >= 4 is 60.8 Å². The molecule has 1 saturated carbocycles. The summed E-state index contributed by atoms with van der Waals surface area (Å²) >= 11 is 7.84. The highest BCUT2D eigenvalue weighted by Gasteiger charge is 2.58. The normalized spacial score (nSPS) is 23.7. The van der Waals surface area contributed by atoms with Crippen LogP contribution in [0.4, 0.5) is 33.2 Å². The highest BCUT2D eigenvalue weighted by molar-refractivity contribution is 7.23. The Morgan fingerprint density at radius 2 is 2.05 bits per heavy atom. The van der Waals surface area contributed by atoms with Gasteiger partial charge in [-0.05, 0) is 55.3 Å². The van der Waals surface area contributed by atoms with Gasteiger partial charge < -0.3 is 20.3 Å². The molecule has 6 heterocycles. The zero-order chi connectivity index (χ0) is 40.0. The number of aromatic nitrogens is 5. The number of nitrogens with two attached hydrogens (primary N) is 1. The first-order chi connectivity index (χ1) is 27.3. The SMILES string of the molecule is C=CCN(C[C@@H]1CN(C(=O)n2cnc(F)n2)[C@@H]1C1(C)CC1)c1nc(OC[C@@]23CCCN2C[C@H](F)C3)nc2c(F)c(-c3ccc(F)c4sc(N)c(C#N)c34)c(Cl)cc12. The average molecular weight is 821 g/mol. The lowest BCUT2D eigenvalue weighted by atomic mass is 9.78. The van der Waals surface area contributed by atoms with Crippen molar-refractivity contribution in [2.45, 2.75) is 56.8 Å². The minimum Gasteiger partial charge on any atom is -0.461 e. The summed E-state index contributed by atoms with van der Waals surface area (Å²) in [6.07, 6.45) is 4.44. The van der Waals surface area contributed by atoms with Gasteiger partial charge in [0.25, 0.3) is 0 Å². The summed E-state index contributed by atoms with van der Waals surface area (Å²) in [5.41, 5.74) is 5.32. The molecule has 0 spiro atoms. The summed E-state index contributed by atoms with van der Waals surface area (Å²) in [6.45, 7) is 8.17. The van der Waals surface area contributed by atoms with Crippen molar-refractivity contribution in [2.75, 3.05) is 50.0 Å². The highest BCUT2D eigenvalue weighted by Crippen LogP contribution is 2.56. The summed E-state index contributed by atoms with van der Waals surface area (Å²) in [4.78, 5) is 32.1. The van der Waals surface area contributed by atoms with Gasteiger partial charge in [0, 0.05) is 60.9 Å². The van der Waals surface area contributed by atoms with Crippen molar-refractivity contribution in [3.05, 3.63) is 65.5 Å². The van der Waals surface area contributed by atoms with Crippen LogP contribution in [0.3, 0.4) is 0 Å². The van der Waals surface area contributed by atoms with Gasteiger partial charge in [-0.2, -0.15) is 29.3 Å². The number of nitrogen functional groups attached to an aromatic ring is 1. The molecule has 4 fully saturated rings. The van der Waals surface area contributed by atoms with E-state index >= 15 is 8.78 Å². The predicted octanol–water partition coefficient (Wildman–Crippen LogP) is 7.34. The number of amides is 1. The molecule has 4 atom stereocenters. The van der Waals surface area contributed by atoms with E-state index in [1.165, 1.54) is 12.1 Å². The number of thiophene rings is 1. The van der Waals surface area contributed by atoms with Crippen molar-refractivity contribution in [3.63, 3.8) is 0 Å². The topological polar surface area (TPSA) is 142 Å². The molecule has 0 unspecified atom stereocenters. The number of likely N-dealkylation sites (tertiary alicyclic amines) is 1. The van der Waals surface area contributed by atoms with E-state index in [1.807, 2.05) is 11.0 Å². The zero-order valence-electron chi connectivity index (χ0n) is 30.8. The number of hydrogen-bond acceptors (Lipinski definition) is 11. The molecule has 18 heteroatoms. The second-order valence-corrected chi connectivity index (χ2v) is 17.3. The van der Waals surface area contributed by atoms with Crippen molar-refractivity contribution in [2.24, 2.45) is 11.3 Å².